The van der Waals surface area contributed by atoms with Crippen molar-refractivity contribution in [3.8, 4) is 11.4 Å². The Labute approximate surface area is 518 Å². The van der Waals surface area contributed by atoms with Gasteiger partial charge in [0.2, 0.25) is 0 Å². The van der Waals surface area contributed by atoms with Crippen molar-refractivity contribution >= 4 is 110 Å². The molecular formula is C84H78N4. The second kappa shape index (κ2) is 21.3. The molecule has 88 heavy (non-hydrogen) atoms. The highest BCUT2D eigenvalue weighted by atomic mass is 15.2. The van der Waals surface area contributed by atoms with Gasteiger partial charge in [-0.25, -0.2) is 0 Å². The van der Waals surface area contributed by atoms with Gasteiger partial charge in [-0.05, 0) is 226 Å². The number of hydrogen-bond acceptors (Lipinski definition) is 2. The summed E-state index contributed by atoms with van der Waals surface area (Å²) >= 11 is 0. The number of fused-ring (bicyclic) bond motifs is 8. The van der Waals surface area contributed by atoms with Gasteiger partial charge in [-0.1, -0.05) is 177 Å². The fraction of sp³-hybridized carbons (Fsp3) is 0.238. The van der Waals surface area contributed by atoms with Gasteiger partial charge in [0, 0.05) is 60.8 Å². The summed E-state index contributed by atoms with van der Waals surface area (Å²) in [6.07, 6.45) is 9.14. The molecular weight excluding hydrogens is 1060 g/mol. The molecule has 434 valence electrons. The van der Waals surface area contributed by atoms with Crippen molar-refractivity contribution in [3.05, 3.63) is 251 Å². The predicted molar refractivity (Wildman–Crippen MR) is 378 cm³/mol. The first-order valence-electron chi connectivity index (χ1n) is 32.9. The maximum atomic E-state index is 2.73. The van der Waals surface area contributed by atoms with E-state index in [0.29, 0.717) is 11.8 Å². The number of benzene rings is 12. The molecule has 2 heterocycles. The van der Waals surface area contributed by atoms with E-state index in [9.17, 15) is 0 Å². The lowest BCUT2D eigenvalue weighted by molar-refractivity contribution is 0.686. The molecule has 2 aliphatic carbocycles. The molecule has 2 aromatic heterocycles. The third-order valence-corrected chi connectivity index (χ3v) is 20.3. The molecule has 0 amide bonds. The average Bonchev–Trinajstić information content (AvgIpc) is 0.890. The van der Waals surface area contributed by atoms with E-state index < -0.39 is 0 Å². The Hall–Kier alpha value is -9.12. The zero-order chi connectivity index (χ0) is 59.6. The molecule has 0 aliphatic heterocycles. The summed E-state index contributed by atoms with van der Waals surface area (Å²) in [5, 5.41) is 13.0. The highest BCUT2D eigenvalue weighted by molar-refractivity contribution is 6.30. The molecule has 16 rings (SSSR count). The largest absolute Gasteiger partial charge is 0.310 e. The lowest BCUT2D eigenvalue weighted by atomic mass is 9.83. The minimum absolute atomic E-state index is 0.244. The topological polar surface area (TPSA) is 16.3 Å². The summed E-state index contributed by atoms with van der Waals surface area (Å²) in [6, 6.07) is 80.5. The number of hydrogen-bond donors (Lipinski definition) is 0. The van der Waals surface area contributed by atoms with E-state index in [1.165, 1.54) is 192 Å². The van der Waals surface area contributed by atoms with Crippen molar-refractivity contribution in [1.82, 2.24) is 9.13 Å². The number of para-hydroxylation sites is 3. The number of aromatic nitrogens is 2. The minimum atomic E-state index is 0.244. The lowest BCUT2D eigenvalue weighted by Gasteiger charge is -2.34. The lowest BCUT2D eigenvalue weighted by Crippen LogP contribution is -2.17. The van der Waals surface area contributed by atoms with Crippen LogP contribution in [0.25, 0.3) is 87.3 Å². The maximum Gasteiger partial charge on any atom is 0.0782 e. The molecule has 0 saturated heterocycles. The fourth-order valence-electron chi connectivity index (χ4n) is 15.9. The van der Waals surface area contributed by atoms with Crippen LogP contribution in [0.15, 0.2) is 206 Å². The Kier molecular flexibility index (Phi) is 13.2. The summed E-state index contributed by atoms with van der Waals surface area (Å²) in [4.78, 5) is 5.41. The number of nitrogens with zero attached hydrogens (tertiary/aromatic N) is 4. The van der Waals surface area contributed by atoms with Crippen LogP contribution in [0.4, 0.5) is 34.1 Å². The molecule has 0 bridgehead atoms. The first-order valence-corrected chi connectivity index (χ1v) is 32.9. The second-order valence-electron chi connectivity index (χ2n) is 26.8. The van der Waals surface area contributed by atoms with Gasteiger partial charge < -0.3 is 18.9 Å². The van der Waals surface area contributed by atoms with Crippen molar-refractivity contribution in [1.29, 1.82) is 0 Å². The standard InChI is InChI=1S/C84H78N4/c1-51(2)57-26-17-28-59(46-57)85-76-35-15-14-33-65(76)73-48-61(40-45-78(73)85)86(74-37-19-24-55-22-9-11-30-62(55)74)80-49-71(53(5)6)66-42-44-70-81(50-72(54(7)8)67-41-43-69(80)82(66)83(67)70)88(75-38-20-25-56-23-10-12-31-63(56)75)79-39-21-34-68-64-32-13-16-36-77(64)87(84(68)79)60-29-18-27-58(47-60)52(3)4/h13-21,24-29,32-54H,9-12,22-23,30-31H2,1-8H3. The smallest absolute Gasteiger partial charge is 0.0782 e. The normalized spacial score (nSPS) is 13.7. The van der Waals surface area contributed by atoms with E-state index in [2.05, 4.69) is 281 Å². The maximum absolute atomic E-state index is 2.73. The number of aryl methyl sites for hydroxylation is 2. The van der Waals surface area contributed by atoms with Crippen LogP contribution in [0, 0.1) is 0 Å². The van der Waals surface area contributed by atoms with Gasteiger partial charge in [0.15, 0.2) is 0 Å². The van der Waals surface area contributed by atoms with Crippen molar-refractivity contribution in [2.45, 2.75) is 130 Å². The molecule has 0 fully saturated rings. The van der Waals surface area contributed by atoms with Crippen molar-refractivity contribution in [3.63, 3.8) is 0 Å². The predicted octanol–water partition coefficient (Wildman–Crippen LogP) is 24.0. The summed E-state index contributed by atoms with van der Waals surface area (Å²) in [5.74, 6) is 1.31. The molecule has 0 N–H and O–H groups in total. The zero-order valence-corrected chi connectivity index (χ0v) is 52.4. The quantitative estimate of drug-likeness (QED) is 0.113. The van der Waals surface area contributed by atoms with Crippen LogP contribution in [0.2, 0.25) is 0 Å². The zero-order valence-electron chi connectivity index (χ0n) is 52.4. The van der Waals surface area contributed by atoms with Crippen LogP contribution in [0.5, 0.6) is 0 Å². The molecule has 14 aromatic rings. The Morgan fingerprint density at radius 1 is 0.307 bits per heavy atom. The minimum Gasteiger partial charge on any atom is -0.310 e. The molecule has 4 heteroatoms. The van der Waals surface area contributed by atoms with E-state index in [0.717, 1.165) is 25.7 Å². The highest BCUT2D eigenvalue weighted by Crippen LogP contribution is 2.54. The molecule has 0 saturated carbocycles. The van der Waals surface area contributed by atoms with Crippen LogP contribution in [-0.4, -0.2) is 9.13 Å². The third kappa shape index (κ3) is 8.52. The number of anilines is 6. The Balaban J connectivity index is 1.01. The molecule has 12 aromatic carbocycles. The van der Waals surface area contributed by atoms with Crippen LogP contribution >= 0.6 is 0 Å². The fourth-order valence-corrected chi connectivity index (χ4v) is 15.9. The van der Waals surface area contributed by atoms with Gasteiger partial charge >= 0.3 is 0 Å². The van der Waals surface area contributed by atoms with E-state index in [4.69, 9.17) is 0 Å². The van der Waals surface area contributed by atoms with E-state index >= 15 is 0 Å². The second-order valence-corrected chi connectivity index (χ2v) is 26.8. The van der Waals surface area contributed by atoms with Gasteiger partial charge in [0.25, 0.3) is 0 Å². The van der Waals surface area contributed by atoms with Crippen LogP contribution in [0.1, 0.15) is 149 Å². The van der Waals surface area contributed by atoms with Crippen molar-refractivity contribution < 1.29 is 0 Å². The molecule has 0 atom stereocenters. The van der Waals surface area contributed by atoms with Crippen LogP contribution in [-0.2, 0) is 25.7 Å². The molecule has 2 aliphatic rings. The van der Waals surface area contributed by atoms with Gasteiger partial charge in [0.1, 0.15) is 0 Å². The third-order valence-electron chi connectivity index (χ3n) is 20.3. The van der Waals surface area contributed by atoms with Crippen LogP contribution < -0.4 is 9.80 Å². The summed E-state index contributed by atoms with van der Waals surface area (Å²) in [6.45, 7) is 18.8. The van der Waals surface area contributed by atoms with Gasteiger partial charge in [0.05, 0.1) is 39.1 Å². The Morgan fingerprint density at radius 3 is 1.34 bits per heavy atom. The van der Waals surface area contributed by atoms with E-state index in [1.54, 1.807) is 0 Å². The van der Waals surface area contributed by atoms with Crippen molar-refractivity contribution in [2.24, 2.45) is 0 Å². The summed E-state index contributed by atoms with van der Waals surface area (Å²) < 4.78 is 5.07. The highest BCUT2D eigenvalue weighted by Gasteiger charge is 2.31. The molecule has 0 radical (unpaired) electrons. The van der Waals surface area contributed by atoms with Crippen LogP contribution in [0.3, 0.4) is 0 Å². The SMILES string of the molecule is CC(C)c1cccc(-n2c3ccccc3c3cc(N(c4cccc5c4CCCC5)c4cc(C(C)C)c5ccc6c(N(c7cccc8c7CCCC8)c7cccc8c9ccccc9n(-c9cccc(C(C)C)c9)c78)cc(C(C)C)c7ccc4c5c76)ccc32)c1. The molecule has 4 nitrogen and oxygen atoms in total. The Bertz CT molecular complexity index is 5080. The number of rotatable bonds is 12. The van der Waals surface area contributed by atoms with Gasteiger partial charge in [-0.2, -0.15) is 0 Å². The monoisotopic (exact) mass is 1140 g/mol. The van der Waals surface area contributed by atoms with Gasteiger partial charge in [-0.3, -0.25) is 0 Å². The first-order chi connectivity index (χ1) is 43.0. The summed E-state index contributed by atoms with van der Waals surface area (Å²) in [7, 11) is 0. The first kappa shape index (κ1) is 54.3. The molecule has 0 unspecified atom stereocenters. The summed E-state index contributed by atoms with van der Waals surface area (Å²) in [5.41, 5.74) is 26.1. The van der Waals surface area contributed by atoms with Gasteiger partial charge in [-0.15, -0.1) is 0 Å². The van der Waals surface area contributed by atoms with Crippen molar-refractivity contribution in [2.75, 3.05) is 9.80 Å². The average molecular weight is 1140 g/mol. The van der Waals surface area contributed by atoms with E-state index in [-0.39, 0.29) is 11.8 Å². The molecule has 0 spiro atoms. The Morgan fingerprint density at radius 2 is 0.761 bits per heavy atom. The van der Waals surface area contributed by atoms with E-state index in [1.807, 2.05) is 0 Å².